The van der Waals surface area contributed by atoms with E-state index < -0.39 is 18.1 Å². The predicted octanol–water partition coefficient (Wildman–Crippen LogP) is 4.03. The Labute approximate surface area is 213 Å². The number of hydrogen-bond donors (Lipinski definition) is 3. The van der Waals surface area contributed by atoms with Crippen LogP contribution >= 0.6 is 0 Å². The van der Waals surface area contributed by atoms with Crippen LogP contribution in [0.3, 0.4) is 0 Å². The molecule has 0 atom stereocenters. The van der Waals surface area contributed by atoms with Crippen LogP contribution in [0.15, 0.2) is 59.6 Å². The summed E-state index contributed by atoms with van der Waals surface area (Å²) in [6, 6.07) is 17.2. The Morgan fingerprint density at radius 3 is 2.24 bits per heavy atom. The first kappa shape index (κ1) is 29.4. The maximum atomic E-state index is 11.3. The van der Waals surface area contributed by atoms with E-state index in [1.165, 1.54) is 5.69 Å². The van der Waals surface area contributed by atoms with Crippen molar-refractivity contribution in [3.63, 3.8) is 0 Å². The lowest BCUT2D eigenvalue weighted by Gasteiger charge is -2.37. The van der Waals surface area contributed by atoms with Crippen LogP contribution in [-0.2, 0) is 9.53 Å². The first-order chi connectivity index (χ1) is 17.6. The second-order valence-electron chi connectivity index (χ2n) is 7.88. The number of hydrogen-bond acceptors (Lipinski definition) is 5. The van der Waals surface area contributed by atoms with E-state index in [4.69, 9.17) is 19.6 Å². The molecule has 1 aliphatic heterocycles. The molecule has 3 rings (SSSR count). The molecule has 0 saturated carbocycles. The number of alkyl halides is 3. The molecule has 1 saturated heterocycles. The molecule has 1 fully saturated rings. The van der Waals surface area contributed by atoms with Crippen molar-refractivity contribution in [1.29, 1.82) is 0 Å². The normalized spacial score (nSPS) is 14.0. The minimum atomic E-state index is -5.08. The van der Waals surface area contributed by atoms with E-state index in [2.05, 4.69) is 39.4 Å². The van der Waals surface area contributed by atoms with Crippen LogP contribution in [0, 0.1) is 0 Å². The second kappa shape index (κ2) is 14.7. The number of aliphatic imine (C=N–C) groups is 1. The van der Waals surface area contributed by atoms with E-state index in [0.29, 0.717) is 19.8 Å². The van der Waals surface area contributed by atoms with Crippen LogP contribution in [0.25, 0.3) is 0 Å². The van der Waals surface area contributed by atoms with Gasteiger partial charge in [-0.3, -0.25) is 4.99 Å². The van der Waals surface area contributed by atoms with Gasteiger partial charge in [-0.05, 0) is 43.7 Å². The number of benzene rings is 2. The number of nitrogens with zero attached hydrogens (tertiary/aromatic N) is 3. The molecular weight excluding hydrogens is 493 g/mol. The molecule has 0 spiro atoms. The van der Waals surface area contributed by atoms with Crippen LogP contribution in [-0.4, -0.2) is 85.1 Å². The van der Waals surface area contributed by atoms with Crippen molar-refractivity contribution in [1.82, 2.24) is 4.90 Å². The van der Waals surface area contributed by atoms with Gasteiger partial charge in [0, 0.05) is 57.3 Å². The van der Waals surface area contributed by atoms with Gasteiger partial charge in [0.2, 0.25) is 0 Å². The third kappa shape index (κ3) is 10.4. The molecule has 202 valence electrons. The van der Waals surface area contributed by atoms with E-state index >= 15 is 0 Å². The Morgan fingerprint density at radius 2 is 1.68 bits per heavy atom. The number of anilines is 2. The zero-order valence-electron chi connectivity index (χ0n) is 20.4. The Kier molecular flexibility index (Phi) is 11.7. The van der Waals surface area contributed by atoms with Crippen LogP contribution < -0.4 is 10.2 Å². The molecule has 1 aliphatic rings. The molecule has 0 radical (unpaired) electrons. The maximum Gasteiger partial charge on any atom is 0.490 e. The van der Waals surface area contributed by atoms with Crippen LogP contribution in [0.1, 0.15) is 23.7 Å². The Hall–Kier alpha value is -3.80. The molecule has 0 unspecified atom stereocenters. The van der Waals surface area contributed by atoms with Crippen molar-refractivity contribution in [3.05, 3.63) is 60.2 Å². The van der Waals surface area contributed by atoms with Gasteiger partial charge in [0.15, 0.2) is 5.96 Å². The zero-order chi connectivity index (χ0) is 27.3. The van der Waals surface area contributed by atoms with Gasteiger partial charge in [-0.15, -0.1) is 0 Å². The summed E-state index contributed by atoms with van der Waals surface area (Å²) in [6.45, 7) is 7.51. The lowest BCUT2D eigenvalue weighted by Crippen LogP contribution is -2.50. The average molecular weight is 525 g/mol. The number of ether oxygens (including phenoxy) is 1. The summed E-state index contributed by atoms with van der Waals surface area (Å²) in [5.41, 5.74) is 2.21. The topological polar surface area (TPSA) is 115 Å². The fourth-order valence-corrected chi connectivity index (χ4v) is 3.39. The first-order valence-corrected chi connectivity index (χ1v) is 11.7. The smallest absolute Gasteiger partial charge is 0.478 e. The number of piperazine rings is 1. The number of rotatable bonds is 8. The fraction of sp³-hybridized carbons (Fsp3) is 0.400. The highest BCUT2D eigenvalue weighted by molar-refractivity contribution is 5.96. The van der Waals surface area contributed by atoms with E-state index in [1.807, 2.05) is 19.1 Å². The summed E-state index contributed by atoms with van der Waals surface area (Å²) < 4.78 is 37.1. The van der Waals surface area contributed by atoms with E-state index in [0.717, 1.165) is 44.2 Å². The predicted molar refractivity (Wildman–Crippen MR) is 134 cm³/mol. The van der Waals surface area contributed by atoms with Crippen molar-refractivity contribution in [3.8, 4) is 0 Å². The van der Waals surface area contributed by atoms with Gasteiger partial charge in [-0.25, -0.2) is 9.59 Å². The van der Waals surface area contributed by atoms with Gasteiger partial charge in [0.05, 0.1) is 5.56 Å². The number of carbonyl (C=O) groups is 2. The van der Waals surface area contributed by atoms with E-state index in [1.54, 1.807) is 18.2 Å². The number of guanidine groups is 1. The standard InChI is InChI=1S/C23H30N4O3.C2HF3O2/c1-2-30-17-7-12-24-23(25-20-9-6-8-19(18-20)22(28)29)27-15-13-26(14-16-27)21-10-4-3-5-11-21;3-2(4,5)1(6)7/h3-6,8-11,18H,2,7,12-17H2,1H3,(H,24,25)(H,28,29);(H,6,7). The van der Waals surface area contributed by atoms with Gasteiger partial charge in [0.1, 0.15) is 0 Å². The summed E-state index contributed by atoms with van der Waals surface area (Å²) in [5.74, 6) is -2.92. The molecular formula is C25H31F3N4O5. The number of aromatic carboxylic acids is 1. The Morgan fingerprint density at radius 1 is 1.03 bits per heavy atom. The lowest BCUT2D eigenvalue weighted by molar-refractivity contribution is -0.192. The Balaban J connectivity index is 0.000000604. The summed E-state index contributed by atoms with van der Waals surface area (Å²) in [7, 11) is 0. The quantitative estimate of drug-likeness (QED) is 0.269. The summed E-state index contributed by atoms with van der Waals surface area (Å²) in [4.78, 5) is 29.6. The monoisotopic (exact) mass is 524 g/mol. The third-order valence-corrected chi connectivity index (χ3v) is 5.22. The van der Waals surface area contributed by atoms with Crippen LogP contribution in [0.2, 0.25) is 0 Å². The zero-order valence-corrected chi connectivity index (χ0v) is 20.4. The second-order valence-corrected chi connectivity index (χ2v) is 7.88. The highest BCUT2D eigenvalue weighted by Crippen LogP contribution is 2.17. The van der Waals surface area contributed by atoms with Crippen LogP contribution in [0.5, 0.6) is 0 Å². The van der Waals surface area contributed by atoms with Gasteiger partial charge >= 0.3 is 18.1 Å². The van der Waals surface area contributed by atoms with Crippen molar-refractivity contribution < 1.29 is 37.7 Å². The largest absolute Gasteiger partial charge is 0.490 e. The van der Waals surface area contributed by atoms with Gasteiger partial charge < -0.3 is 30.1 Å². The summed E-state index contributed by atoms with van der Waals surface area (Å²) >= 11 is 0. The molecule has 0 bridgehead atoms. The number of aliphatic carboxylic acids is 1. The number of carboxylic acid groups (broad SMARTS) is 2. The van der Waals surface area contributed by atoms with Gasteiger partial charge in [-0.2, -0.15) is 13.2 Å². The highest BCUT2D eigenvalue weighted by atomic mass is 19.4. The SMILES string of the molecule is CCOCCCN=C(Nc1cccc(C(=O)O)c1)N1CCN(c2ccccc2)CC1.O=C(O)C(F)(F)F. The maximum absolute atomic E-state index is 11.3. The summed E-state index contributed by atoms with van der Waals surface area (Å²) in [6.07, 6.45) is -4.24. The molecule has 0 aromatic heterocycles. The molecule has 12 heteroatoms. The van der Waals surface area contributed by atoms with Crippen molar-refractivity contribution in [2.45, 2.75) is 19.5 Å². The molecule has 2 aromatic rings. The summed E-state index contributed by atoms with van der Waals surface area (Å²) in [5, 5.41) is 19.7. The molecule has 1 heterocycles. The third-order valence-electron chi connectivity index (χ3n) is 5.22. The van der Waals surface area contributed by atoms with E-state index in [9.17, 15) is 23.1 Å². The van der Waals surface area contributed by atoms with E-state index in [-0.39, 0.29) is 5.56 Å². The molecule has 9 nitrogen and oxygen atoms in total. The molecule has 2 aromatic carbocycles. The Bertz CT molecular complexity index is 1030. The van der Waals surface area contributed by atoms with Gasteiger partial charge in [0.25, 0.3) is 0 Å². The number of halogens is 3. The van der Waals surface area contributed by atoms with Gasteiger partial charge in [-0.1, -0.05) is 24.3 Å². The highest BCUT2D eigenvalue weighted by Gasteiger charge is 2.38. The van der Waals surface area contributed by atoms with Crippen molar-refractivity contribution in [2.24, 2.45) is 4.99 Å². The van der Waals surface area contributed by atoms with Crippen LogP contribution in [0.4, 0.5) is 24.5 Å². The first-order valence-electron chi connectivity index (χ1n) is 11.7. The minimum absolute atomic E-state index is 0.254. The lowest BCUT2D eigenvalue weighted by atomic mass is 10.2. The number of carboxylic acids is 2. The molecule has 0 aliphatic carbocycles. The molecule has 37 heavy (non-hydrogen) atoms. The fourth-order valence-electron chi connectivity index (χ4n) is 3.39. The minimum Gasteiger partial charge on any atom is -0.478 e. The van der Waals surface area contributed by atoms with Crippen molar-refractivity contribution >= 4 is 29.3 Å². The number of para-hydroxylation sites is 1. The van der Waals surface area contributed by atoms with Crippen molar-refractivity contribution in [2.75, 3.05) is 56.2 Å². The molecule has 0 amide bonds. The molecule has 3 N–H and O–H groups in total. The average Bonchev–Trinajstić information content (AvgIpc) is 2.88. The number of nitrogens with one attached hydrogen (secondary N) is 1.